The van der Waals surface area contributed by atoms with E-state index >= 15 is 0 Å². The molecule has 0 aliphatic heterocycles. The van der Waals surface area contributed by atoms with Crippen LogP contribution in [0.3, 0.4) is 0 Å². The Morgan fingerprint density at radius 1 is 1.62 bits per heavy atom. The van der Waals surface area contributed by atoms with Gasteiger partial charge in [0.15, 0.2) is 11.5 Å². The molecule has 2 N–H and O–H groups in total. The van der Waals surface area contributed by atoms with E-state index in [4.69, 9.17) is 10.2 Å². The fraction of sp³-hybridized carbons (Fsp3) is 0.500. The zero-order chi connectivity index (χ0) is 9.90. The van der Waals surface area contributed by atoms with Crippen molar-refractivity contribution in [1.82, 2.24) is 0 Å². The molecule has 1 rings (SSSR count). The molecule has 0 saturated carbocycles. The molecule has 0 fully saturated rings. The van der Waals surface area contributed by atoms with E-state index in [1.807, 2.05) is 13.8 Å². The predicted octanol–water partition coefficient (Wildman–Crippen LogP) is 1.98. The highest BCUT2D eigenvalue weighted by molar-refractivity contribution is 5.93. The molecule has 0 unspecified atom stereocenters. The zero-order valence-corrected chi connectivity index (χ0v) is 8.04. The van der Waals surface area contributed by atoms with Gasteiger partial charge in [-0.1, -0.05) is 0 Å². The number of carbonyl (C=O) groups excluding carboxylic acids is 1. The number of hydrogen-bond acceptors (Lipinski definition) is 3. The van der Waals surface area contributed by atoms with Crippen LogP contribution >= 0.6 is 0 Å². The van der Waals surface area contributed by atoms with Gasteiger partial charge in [0.2, 0.25) is 0 Å². The van der Waals surface area contributed by atoms with Gasteiger partial charge in [-0.05, 0) is 32.4 Å². The van der Waals surface area contributed by atoms with E-state index in [1.165, 1.54) is 6.26 Å². The summed E-state index contributed by atoms with van der Waals surface area (Å²) >= 11 is 0. The van der Waals surface area contributed by atoms with Gasteiger partial charge in [0, 0.05) is 12.0 Å². The second kappa shape index (κ2) is 3.75. The summed E-state index contributed by atoms with van der Waals surface area (Å²) in [7, 11) is 0. The molecule has 0 atom stereocenters. The predicted molar refractivity (Wildman–Crippen MR) is 50.5 cm³/mol. The molecule has 0 saturated heterocycles. The Balaban J connectivity index is 2.44. The van der Waals surface area contributed by atoms with Crippen molar-refractivity contribution in [1.29, 1.82) is 0 Å². The Morgan fingerprint density at radius 3 is 2.77 bits per heavy atom. The van der Waals surface area contributed by atoms with Crippen molar-refractivity contribution < 1.29 is 9.21 Å². The molecule has 0 aliphatic rings. The highest BCUT2D eigenvalue weighted by Gasteiger charge is 2.15. The summed E-state index contributed by atoms with van der Waals surface area (Å²) in [5.74, 6) is 0.438. The van der Waals surface area contributed by atoms with Crippen LogP contribution in [0.1, 0.15) is 37.2 Å². The smallest absolute Gasteiger partial charge is 0.198 e. The van der Waals surface area contributed by atoms with Crippen LogP contribution in [-0.2, 0) is 0 Å². The zero-order valence-electron chi connectivity index (χ0n) is 8.04. The third-order valence-corrected chi connectivity index (χ3v) is 1.79. The monoisotopic (exact) mass is 181 g/mol. The fourth-order valence-corrected chi connectivity index (χ4v) is 0.996. The number of nitrogens with two attached hydrogens (primary N) is 1. The molecule has 0 amide bonds. The lowest BCUT2D eigenvalue weighted by Crippen LogP contribution is -2.32. The first-order valence-electron chi connectivity index (χ1n) is 4.35. The van der Waals surface area contributed by atoms with E-state index in [-0.39, 0.29) is 11.3 Å². The minimum absolute atomic E-state index is 0.0172. The molecule has 13 heavy (non-hydrogen) atoms. The summed E-state index contributed by atoms with van der Waals surface area (Å²) in [6.07, 6.45) is 2.62. The molecule has 0 radical (unpaired) electrons. The van der Waals surface area contributed by atoms with E-state index in [0.29, 0.717) is 18.6 Å². The quantitative estimate of drug-likeness (QED) is 0.722. The van der Waals surface area contributed by atoms with Crippen molar-refractivity contribution in [2.24, 2.45) is 5.73 Å². The molecule has 1 heterocycles. The van der Waals surface area contributed by atoms with E-state index in [1.54, 1.807) is 12.1 Å². The summed E-state index contributed by atoms with van der Waals surface area (Å²) in [5, 5.41) is 0. The van der Waals surface area contributed by atoms with E-state index in [0.717, 1.165) is 0 Å². The Hall–Kier alpha value is -1.09. The first-order valence-corrected chi connectivity index (χ1v) is 4.35. The maximum absolute atomic E-state index is 11.4. The van der Waals surface area contributed by atoms with Crippen molar-refractivity contribution in [2.45, 2.75) is 32.2 Å². The summed E-state index contributed by atoms with van der Waals surface area (Å²) < 4.78 is 4.97. The standard InChI is InChI=1S/C10H15NO2/c1-10(2,11)6-5-8(12)9-4-3-7-13-9/h3-4,7H,5-6,11H2,1-2H3. The lowest BCUT2D eigenvalue weighted by molar-refractivity contribution is 0.0945. The van der Waals surface area contributed by atoms with Gasteiger partial charge in [-0.25, -0.2) is 0 Å². The van der Waals surface area contributed by atoms with Crippen molar-refractivity contribution in [2.75, 3.05) is 0 Å². The van der Waals surface area contributed by atoms with Crippen molar-refractivity contribution in [3.63, 3.8) is 0 Å². The minimum Gasteiger partial charge on any atom is -0.461 e. The van der Waals surface area contributed by atoms with Crippen LogP contribution in [0.25, 0.3) is 0 Å². The van der Waals surface area contributed by atoms with Crippen molar-refractivity contribution >= 4 is 5.78 Å². The first kappa shape index (κ1) is 9.99. The Bertz CT molecular complexity index is 270. The van der Waals surface area contributed by atoms with Gasteiger partial charge in [-0.15, -0.1) is 0 Å². The van der Waals surface area contributed by atoms with Crippen LogP contribution in [0.4, 0.5) is 0 Å². The molecular formula is C10H15NO2. The third-order valence-electron chi connectivity index (χ3n) is 1.79. The van der Waals surface area contributed by atoms with Crippen LogP contribution in [0.15, 0.2) is 22.8 Å². The van der Waals surface area contributed by atoms with Gasteiger partial charge in [0.25, 0.3) is 0 Å². The number of furan rings is 1. The summed E-state index contributed by atoms with van der Waals surface area (Å²) in [6, 6.07) is 3.38. The first-order chi connectivity index (χ1) is 5.99. The van der Waals surface area contributed by atoms with Gasteiger partial charge in [0.1, 0.15) is 0 Å². The average molecular weight is 181 g/mol. The van der Waals surface area contributed by atoms with Gasteiger partial charge < -0.3 is 10.2 Å². The van der Waals surface area contributed by atoms with E-state index in [9.17, 15) is 4.79 Å². The SMILES string of the molecule is CC(C)(N)CCC(=O)c1ccco1. The van der Waals surface area contributed by atoms with Crippen molar-refractivity contribution in [3.8, 4) is 0 Å². The average Bonchev–Trinajstić information content (AvgIpc) is 2.50. The van der Waals surface area contributed by atoms with E-state index in [2.05, 4.69) is 0 Å². The number of carbonyl (C=O) groups is 1. The van der Waals surface area contributed by atoms with E-state index < -0.39 is 0 Å². The number of hydrogen-bond donors (Lipinski definition) is 1. The maximum Gasteiger partial charge on any atom is 0.198 e. The second-order valence-corrected chi connectivity index (χ2v) is 3.89. The van der Waals surface area contributed by atoms with Gasteiger partial charge >= 0.3 is 0 Å². The highest BCUT2D eigenvalue weighted by Crippen LogP contribution is 2.11. The number of Topliss-reactive ketones (excluding diaryl/α,β-unsaturated/α-hetero) is 1. The minimum atomic E-state index is -0.289. The molecular weight excluding hydrogens is 166 g/mol. The molecule has 1 aromatic rings. The number of rotatable bonds is 4. The lowest BCUT2D eigenvalue weighted by atomic mass is 9.98. The van der Waals surface area contributed by atoms with Gasteiger partial charge in [-0.3, -0.25) is 4.79 Å². The number of ketones is 1. The van der Waals surface area contributed by atoms with Crippen LogP contribution in [0.5, 0.6) is 0 Å². The normalized spacial score (nSPS) is 11.6. The maximum atomic E-state index is 11.4. The lowest BCUT2D eigenvalue weighted by Gasteiger charge is -2.16. The van der Waals surface area contributed by atoms with Crippen LogP contribution in [0, 0.1) is 0 Å². The van der Waals surface area contributed by atoms with Crippen LogP contribution < -0.4 is 5.73 Å². The molecule has 0 aliphatic carbocycles. The molecule has 3 heteroatoms. The molecule has 3 nitrogen and oxygen atoms in total. The van der Waals surface area contributed by atoms with Crippen LogP contribution in [-0.4, -0.2) is 11.3 Å². The molecule has 0 aromatic carbocycles. The fourth-order valence-electron chi connectivity index (χ4n) is 0.996. The molecule has 0 spiro atoms. The van der Waals surface area contributed by atoms with Gasteiger partial charge in [-0.2, -0.15) is 0 Å². The topological polar surface area (TPSA) is 56.2 Å². The molecule has 72 valence electrons. The Labute approximate surface area is 77.9 Å². The third kappa shape index (κ3) is 3.42. The molecule has 0 bridgehead atoms. The molecule has 1 aromatic heterocycles. The highest BCUT2D eigenvalue weighted by atomic mass is 16.3. The summed E-state index contributed by atoms with van der Waals surface area (Å²) in [4.78, 5) is 11.4. The summed E-state index contributed by atoms with van der Waals surface area (Å²) in [5.41, 5.74) is 5.46. The van der Waals surface area contributed by atoms with Gasteiger partial charge in [0.05, 0.1) is 6.26 Å². The summed E-state index contributed by atoms with van der Waals surface area (Å²) in [6.45, 7) is 3.81. The Morgan fingerprint density at radius 2 is 2.31 bits per heavy atom. The second-order valence-electron chi connectivity index (χ2n) is 3.89. The van der Waals surface area contributed by atoms with Crippen molar-refractivity contribution in [3.05, 3.63) is 24.2 Å². The largest absolute Gasteiger partial charge is 0.461 e. The Kier molecular flexibility index (Phi) is 2.88. The van der Waals surface area contributed by atoms with Crippen LogP contribution in [0.2, 0.25) is 0 Å².